The Hall–Kier alpha value is -0.910. The van der Waals surface area contributed by atoms with Gasteiger partial charge in [-0.2, -0.15) is 0 Å². The molecule has 0 spiro atoms. The third kappa shape index (κ3) is 4.04. The smallest absolute Gasteiger partial charge is 0.241 e. The van der Waals surface area contributed by atoms with E-state index in [0.717, 1.165) is 23.2 Å². The van der Waals surface area contributed by atoms with E-state index in [2.05, 4.69) is 26.1 Å². The van der Waals surface area contributed by atoms with Gasteiger partial charge >= 0.3 is 0 Å². The van der Waals surface area contributed by atoms with Gasteiger partial charge < -0.3 is 10.1 Å². The van der Waals surface area contributed by atoms with Gasteiger partial charge in [0.05, 0.1) is 18.2 Å². The minimum absolute atomic E-state index is 0.0219. The fraction of sp³-hybridized carbons (Fsp3) is 0.533. The molecular weight excluding hydrogens is 320 g/mol. The van der Waals surface area contributed by atoms with Crippen LogP contribution in [-0.4, -0.2) is 42.1 Å². The molecule has 1 aromatic carbocycles. The second-order valence-corrected chi connectivity index (χ2v) is 6.30. The molecule has 1 aliphatic rings. The number of rotatable bonds is 3. The SMILES string of the molecule is C[C@@H]1CN([C@H](C)C(=O)Nc2ccc(Br)cc2)C[C@H](C)O1. The predicted molar refractivity (Wildman–Crippen MR) is 83.8 cm³/mol. The minimum atomic E-state index is -0.160. The number of carbonyl (C=O) groups is 1. The number of morpholine rings is 1. The highest BCUT2D eigenvalue weighted by molar-refractivity contribution is 9.10. The summed E-state index contributed by atoms with van der Waals surface area (Å²) >= 11 is 3.38. The fourth-order valence-electron chi connectivity index (χ4n) is 2.48. The number of benzene rings is 1. The zero-order valence-corrected chi connectivity index (χ0v) is 13.7. The van der Waals surface area contributed by atoms with Crippen molar-refractivity contribution in [3.8, 4) is 0 Å². The molecule has 1 aromatic rings. The van der Waals surface area contributed by atoms with Crippen molar-refractivity contribution < 1.29 is 9.53 Å². The highest BCUT2D eigenvalue weighted by Gasteiger charge is 2.29. The number of ether oxygens (including phenoxy) is 1. The number of hydrogen-bond donors (Lipinski definition) is 1. The largest absolute Gasteiger partial charge is 0.373 e. The van der Waals surface area contributed by atoms with Gasteiger partial charge in [0.15, 0.2) is 0 Å². The van der Waals surface area contributed by atoms with Crippen LogP contribution in [0.5, 0.6) is 0 Å². The first-order chi connectivity index (χ1) is 9.45. The van der Waals surface area contributed by atoms with Gasteiger partial charge in [-0.15, -0.1) is 0 Å². The molecule has 0 aromatic heterocycles. The van der Waals surface area contributed by atoms with Gasteiger partial charge in [0, 0.05) is 23.2 Å². The van der Waals surface area contributed by atoms with Crippen molar-refractivity contribution in [2.45, 2.75) is 39.0 Å². The lowest BCUT2D eigenvalue weighted by atomic mass is 10.1. The van der Waals surface area contributed by atoms with Crippen LogP contribution in [0, 0.1) is 0 Å². The molecule has 3 atom stereocenters. The molecule has 2 rings (SSSR count). The molecular formula is C15H21BrN2O2. The number of anilines is 1. The summed E-state index contributed by atoms with van der Waals surface area (Å²) in [4.78, 5) is 14.5. The van der Waals surface area contributed by atoms with Gasteiger partial charge in [-0.3, -0.25) is 9.69 Å². The topological polar surface area (TPSA) is 41.6 Å². The lowest BCUT2D eigenvalue weighted by molar-refractivity contribution is -0.126. The van der Waals surface area contributed by atoms with E-state index < -0.39 is 0 Å². The fourth-order valence-corrected chi connectivity index (χ4v) is 2.74. The number of carbonyl (C=O) groups excluding carboxylic acids is 1. The van der Waals surface area contributed by atoms with Crippen LogP contribution >= 0.6 is 15.9 Å². The molecule has 5 heteroatoms. The maximum absolute atomic E-state index is 12.3. The van der Waals surface area contributed by atoms with Crippen molar-refractivity contribution in [1.82, 2.24) is 4.90 Å². The predicted octanol–water partition coefficient (Wildman–Crippen LogP) is 2.89. The molecule has 0 saturated carbocycles. The van der Waals surface area contributed by atoms with E-state index in [9.17, 15) is 4.79 Å². The molecule has 1 fully saturated rings. The Kier molecular flexibility index (Phi) is 5.18. The Bertz CT molecular complexity index is 453. The van der Waals surface area contributed by atoms with Gasteiger partial charge in [-0.25, -0.2) is 0 Å². The molecule has 0 radical (unpaired) electrons. The van der Waals surface area contributed by atoms with Gasteiger partial charge in [-0.1, -0.05) is 15.9 Å². The van der Waals surface area contributed by atoms with Crippen LogP contribution in [0.3, 0.4) is 0 Å². The average molecular weight is 341 g/mol. The summed E-state index contributed by atoms with van der Waals surface area (Å²) in [5, 5.41) is 2.95. The van der Waals surface area contributed by atoms with Gasteiger partial charge in [0.25, 0.3) is 0 Å². The van der Waals surface area contributed by atoms with Crippen molar-refractivity contribution in [3.63, 3.8) is 0 Å². The number of nitrogens with one attached hydrogen (secondary N) is 1. The Morgan fingerprint density at radius 2 is 1.85 bits per heavy atom. The maximum atomic E-state index is 12.3. The van der Waals surface area contributed by atoms with Crippen molar-refractivity contribution in [2.24, 2.45) is 0 Å². The average Bonchev–Trinajstić information content (AvgIpc) is 2.39. The molecule has 0 bridgehead atoms. The van der Waals surface area contributed by atoms with Crippen LogP contribution in [0.15, 0.2) is 28.7 Å². The van der Waals surface area contributed by atoms with E-state index >= 15 is 0 Å². The van der Waals surface area contributed by atoms with E-state index in [1.807, 2.05) is 45.0 Å². The van der Waals surface area contributed by atoms with E-state index in [0.29, 0.717) is 0 Å². The Labute approximate surface area is 128 Å². The number of hydrogen-bond acceptors (Lipinski definition) is 3. The first-order valence-corrected chi connectivity index (χ1v) is 7.71. The molecule has 4 nitrogen and oxygen atoms in total. The van der Waals surface area contributed by atoms with Crippen LogP contribution < -0.4 is 5.32 Å². The number of nitrogens with zero attached hydrogens (tertiary/aromatic N) is 1. The quantitative estimate of drug-likeness (QED) is 0.919. The zero-order valence-electron chi connectivity index (χ0n) is 12.1. The molecule has 1 saturated heterocycles. The molecule has 0 unspecified atom stereocenters. The number of amides is 1. The van der Waals surface area contributed by atoms with Crippen molar-refractivity contribution >= 4 is 27.5 Å². The van der Waals surface area contributed by atoms with Gasteiger partial charge in [0.2, 0.25) is 5.91 Å². The lowest BCUT2D eigenvalue weighted by Gasteiger charge is -2.38. The molecule has 0 aliphatic carbocycles. The van der Waals surface area contributed by atoms with E-state index in [1.54, 1.807) is 0 Å². The monoisotopic (exact) mass is 340 g/mol. The summed E-state index contributed by atoms with van der Waals surface area (Å²) in [5.74, 6) is 0.0219. The van der Waals surface area contributed by atoms with Gasteiger partial charge in [-0.05, 0) is 45.0 Å². The normalized spacial score (nSPS) is 25.2. The Morgan fingerprint density at radius 3 is 2.40 bits per heavy atom. The van der Waals surface area contributed by atoms with Crippen LogP contribution in [0.25, 0.3) is 0 Å². The molecule has 1 heterocycles. The highest BCUT2D eigenvalue weighted by Crippen LogP contribution is 2.17. The molecule has 1 N–H and O–H groups in total. The van der Waals surface area contributed by atoms with Gasteiger partial charge in [0.1, 0.15) is 0 Å². The molecule has 110 valence electrons. The zero-order chi connectivity index (χ0) is 14.7. The summed E-state index contributed by atoms with van der Waals surface area (Å²) in [6.07, 6.45) is 0.336. The van der Waals surface area contributed by atoms with E-state index in [1.165, 1.54) is 0 Å². The first-order valence-electron chi connectivity index (χ1n) is 6.91. The first kappa shape index (κ1) is 15.5. The summed E-state index contributed by atoms with van der Waals surface area (Å²) < 4.78 is 6.70. The van der Waals surface area contributed by atoms with E-state index in [4.69, 9.17) is 4.74 Å². The van der Waals surface area contributed by atoms with E-state index in [-0.39, 0.29) is 24.2 Å². The van der Waals surface area contributed by atoms with Crippen molar-refractivity contribution in [2.75, 3.05) is 18.4 Å². The van der Waals surface area contributed by atoms with Crippen LogP contribution in [0.4, 0.5) is 5.69 Å². The molecule has 1 amide bonds. The minimum Gasteiger partial charge on any atom is -0.373 e. The summed E-state index contributed by atoms with van der Waals surface area (Å²) in [7, 11) is 0. The molecule has 1 aliphatic heterocycles. The maximum Gasteiger partial charge on any atom is 0.241 e. The summed E-state index contributed by atoms with van der Waals surface area (Å²) in [6, 6.07) is 7.45. The number of halogens is 1. The van der Waals surface area contributed by atoms with Crippen molar-refractivity contribution in [1.29, 1.82) is 0 Å². The summed E-state index contributed by atoms with van der Waals surface area (Å²) in [5.41, 5.74) is 0.819. The standard InChI is InChI=1S/C15H21BrN2O2/c1-10-8-18(9-11(2)20-10)12(3)15(19)17-14-6-4-13(16)5-7-14/h4-7,10-12H,8-9H2,1-3H3,(H,17,19)/t10-,11+,12-/m1/s1. The second kappa shape index (κ2) is 6.70. The van der Waals surface area contributed by atoms with Crippen LogP contribution in [-0.2, 0) is 9.53 Å². The molecule has 20 heavy (non-hydrogen) atoms. The summed E-state index contributed by atoms with van der Waals surface area (Å²) in [6.45, 7) is 7.61. The third-order valence-corrected chi connectivity index (χ3v) is 4.02. The lowest BCUT2D eigenvalue weighted by Crippen LogP contribution is -2.52. The Morgan fingerprint density at radius 1 is 1.30 bits per heavy atom. The van der Waals surface area contributed by atoms with Crippen LogP contribution in [0.2, 0.25) is 0 Å². The van der Waals surface area contributed by atoms with Crippen LogP contribution in [0.1, 0.15) is 20.8 Å². The Balaban J connectivity index is 1.96. The second-order valence-electron chi connectivity index (χ2n) is 5.38. The highest BCUT2D eigenvalue weighted by atomic mass is 79.9. The third-order valence-electron chi connectivity index (χ3n) is 3.49. The van der Waals surface area contributed by atoms with Crippen molar-refractivity contribution in [3.05, 3.63) is 28.7 Å².